The summed E-state index contributed by atoms with van der Waals surface area (Å²) in [5.74, 6) is -1.16. The Hall–Kier alpha value is -2.24. The highest BCUT2D eigenvalue weighted by atomic mass is 19.1. The number of pyridine rings is 1. The summed E-state index contributed by atoms with van der Waals surface area (Å²) in [4.78, 5) is 19.0. The molecule has 5 nitrogen and oxygen atoms in total. The lowest BCUT2D eigenvalue weighted by Crippen LogP contribution is -2.25. The molecule has 6 heteroatoms. The Morgan fingerprint density at radius 1 is 1.37 bits per heavy atom. The number of carbonyl (C=O) groups is 1. The molecule has 0 unspecified atom stereocenters. The Balaban J connectivity index is 1.68. The van der Waals surface area contributed by atoms with Crippen molar-refractivity contribution in [3.8, 4) is 0 Å². The Morgan fingerprint density at radius 2 is 2.26 bits per heavy atom. The van der Waals surface area contributed by atoms with Crippen molar-refractivity contribution < 1.29 is 9.18 Å². The third-order valence-corrected chi connectivity index (χ3v) is 2.69. The maximum absolute atomic E-state index is 13.2. The van der Waals surface area contributed by atoms with Crippen molar-refractivity contribution in [3.63, 3.8) is 0 Å². The van der Waals surface area contributed by atoms with Crippen molar-refractivity contribution in [2.75, 3.05) is 6.54 Å². The molecule has 0 spiro atoms. The van der Waals surface area contributed by atoms with Crippen molar-refractivity contribution in [2.24, 2.45) is 0 Å². The Morgan fingerprint density at radius 3 is 3.00 bits per heavy atom. The van der Waals surface area contributed by atoms with Crippen LogP contribution < -0.4 is 5.32 Å². The van der Waals surface area contributed by atoms with Crippen LogP contribution >= 0.6 is 0 Å². The van der Waals surface area contributed by atoms with Crippen molar-refractivity contribution in [2.45, 2.75) is 19.4 Å². The fourth-order valence-electron chi connectivity index (χ4n) is 1.69. The molecule has 0 fully saturated rings. The first-order valence-electron chi connectivity index (χ1n) is 6.12. The molecular formula is C13H15FN4O. The van der Waals surface area contributed by atoms with Gasteiger partial charge in [0.05, 0.1) is 11.9 Å². The fraction of sp³-hybridized carbons (Fsp3) is 0.308. The molecule has 0 aromatic carbocycles. The third-order valence-electron chi connectivity index (χ3n) is 2.69. The number of nitrogens with one attached hydrogen (secondary N) is 1. The Kier molecular flexibility index (Phi) is 4.60. The van der Waals surface area contributed by atoms with Crippen molar-refractivity contribution in [3.05, 3.63) is 48.6 Å². The number of nitrogens with zero attached hydrogens (tertiary/aromatic N) is 3. The van der Waals surface area contributed by atoms with Gasteiger partial charge in [-0.1, -0.05) is 0 Å². The number of carbonyl (C=O) groups excluding carboxylic acids is 1. The van der Waals surface area contributed by atoms with E-state index in [0.29, 0.717) is 6.54 Å². The molecule has 0 saturated heterocycles. The third kappa shape index (κ3) is 3.87. The van der Waals surface area contributed by atoms with Crippen LogP contribution in [0.5, 0.6) is 0 Å². The van der Waals surface area contributed by atoms with E-state index in [-0.39, 0.29) is 5.56 Å². The summed E-state index contributed by atoms with van der Waals surface area (Å²) < 4.78 is 15.2. The SMILES string of the molecule is O=C(NCCCCn1ccnc1)c1cccnc1F. The summed E-state index contributed by atoms with van der Waals surface area (Å²) in [5, 5.41) is 2.68. The average Bonchev–Trinajstić information content (AvgIpc) is 2.92. The lowest BCUT2D eigenvalue weighted by Gasteiger charge is -2.06. The Bertz CT molecular complexity index is 527. The van der Waals surface area contributed by atoms with E-state index in [1.54, 1.807) is 12.5 Å². The van der Waals surface area contributed by atoms with Gasteiger partial charge in [0.15, 0.2) is 0 Å². The van der Waals surface area contributed by atoms with Gasteiger partial charge in [0.1, 0.15) is 0 Å². The zero-order valence-electron chi connectivity index (χ0n) is 10.4. The zero-order valence-corrected chi connectivity index (χ0v) is 10.4. The maximum atomic E-state index is 13.2. The molecule has 0 aliphatic carbocycles. The predicted octanol–water partition coefficient (Wildman–Crippen LogP) is 1.63. The van der Waals surface area contributed by atoms with Gasteiger partial charge in [0, 0.05) is 31.7 Å². The van der Waals surface area contributed by atoms with Gasteiger partial charge in [-0.2, -0.15) is 4.39 Å². The van der Waals surface area contributed by atoms with Crippen molar-refractivity contribution in [1.82, 2.24) is 19.9 Å². The van der Waals surface area contributed by atoms with E-state index in [1.165, 1.54) is 18.3 Å². The van der Waals surface area contributed by atoms with Crippen LogP contribution in [0.2, 0.25) is 0 Å². The van der Waals surface area contributed by atoms with Crippen molar-refractivity contribution in [1.29, 1.82) is 0 Å². The van der Waals surface area contributed by atoms with E-state index in [0.717, 1.165) is 19.4 Å². The molecule has 0 aliphatic heterocycles. The van der Waals surface area contributed by atoms with E-state index < -0.39 is 11.9 Å². The van der Waals surface area contributed by atoms with E-state index in [9.17, 15) is 9.18 Å². The summed E-state index contributed by atoms with van der Waals surface area (Å²) in [6, 6.07) is 2.96. The number of amides is 1. The average molecular weight is 262 g/mol. The van der Waals surface area contributed by atoms with Crippen LogP contribution in [-0.2, 0) is 6.54 Å². The lowest BCUT2D eigenvalue weighted by molar-refractivity contribution is 0.0948. The molecule has 19 heavy (non-hydrogen) atoms. The van der Waals surface area contributed by atoms with Gasteiger partial charge >= 0.3 is 0 Å². The first kappa shape index (κ1) is 13.2. The molecule has 2 aromatic rings. The molecule has 1 amide bonds. The Labute approximate surface area is 110 Å². The monoisotopic (exact) mass is 262 g/mol. The second-order valence-corrected chi connectivity index (χ2v) is 4.11. The number of imidazole rings is 1. The lowest BCUT2D eigenvalue weighted by atomic mass is 10.2. The van der Waals surface area contributed by atoms with Gasteiger partial charge in [-0.3, -0.25) is 4.79 Å². The number of aromatic nitrogens is 3. The molecule has 0 saturated carbocycles. The summed E-state index contributed by atoms with van der Waals surface area (Å²) >= 11 is 0. The summed E-state index contributed by atoms with van der Waals surface area (Å²) in [6.07, 6.45) is 8.44. The maximum Gasteiger partial charge on any atom is 0.255 e. The number of unbranched alkanes of at least 4 members (excludes halogenated alkanes) is 1. The molecule has 2 heterocycles. The number of aryl methyl sites for hydroxylation is 1. The molecule has 0 aliphatic rings. The van der Waals surface area contributed by atoms with Gasteiger partial charge < -0.3 is 9.88 Å². The fourth-order valence-corrected chi connectivity index (χ4v) is 1.69. The second kappa shape index (κ2) is 6.63. The van der Waals surface area contributed by atoms with Gasteiger partial charge in [-0.05, 0) is 25.0 Å². The van der Waals surface area contributed by atoms with E-state index in [1.807, 2.05) is 10.8 Å². The van der Waals surface area contributed by atoms with E-state index in [4.69, 9.17) is 0 Å². The quantitative estimate of drug-likeness (QED) is 0.635. The molecule has 2 aromatic heterocycles. The molecule has 2 rings (SSSR count). The highest BCUT2D eigenvalue weighted by Crippen LogP contribution is 2.02. The van der Waals surface area contributed by atoms with Crippen LogP contribution in [0.1, 0.15) is 23.2 Å². The van der Waals surface area contributed by atoms with Crippen LogP contribution in [-0.4, -0.2) is 27.0 Å². The molecular weight excluding hydrogens is 247 g/mol. The highest BCUT2D eigenvalue weighted by Gasteiger charge is 2.10. The zero-order chi connectivity index (χ0) is 13.5. The highest BCUT2D eigenvalue weighted by molar-refractivity contribution is 5.94. The van der Waals surface area contributed by atoms with Crippen LogP contribution in [0, 0.1) is 5.95 Å². The second-order valence-electron chi connectivity index (χ2n) is 4.11. The minimum atomic E-state index is -0.738. The minimum Gasteiger partial charge on any atom is -0.352 e. The van der Waals surface area contributed by atoms with Gasteiger partial charge in [-0.15, -0.1) is 0 Å². The number of hydrogen-bond donors (Lipinski definition) is 1. The standard InChI is InChI=1S/C13H15FN4O/c14-12-11(4-3-6-16-12)13(19)17-5-1-2-8-18-9-7-15-10-18/h3-4,6-7,9-10H,1-2,5,8H2,(H,17,19). The first-order chi connectivity index (χ1) is 9.27. The number of halogens is 1. The van der Waals surface area contributed by atoms with Gasteiger partial charge in [0.2, 0.25) is 5.95 Å². The van der Waals surface area contributed by atoms with Crippen LogP contribution in [0.3, 0.4) is 0 Å². The normalized spacial score (nSPS) is 10.4. The summed E-state index contributed by atoms with van der Waals surface area (Å²) in [5.41, 5.74) is -0.0166. The first-order valence-corrected chi connectivity index (χ1v) is 6.12. The molecule has 0 bridgehead atoms. The number of hydrogen-bond acceptors (Lipinski definition) is 3. The molecule has 1 N–H and O–H groups in total. The van der Waals surface area contributed by atoms with E-state index in [2.05, 4.69) is 15.3 Å². The van der Waals surface area contributed by atoms with Gasteiger partial charge in [-0.25, -0.2) is 9.97 Å². The summed E-state index contributed by atoms with van der Waals surface area (Å²) in [6.45, 7) is 1.37. The minimum absolute atomic E-state index is 0.0166. The van der Waals surface area contributed by atoms with Crippen LogP contribution in [0.15, 0.2) is 37.1 Å². The predicted molar refractivity (Wildman–Crippen MR) is 68.0 cm³/mol. The summed E-state index contributed by atoms with van der Waals surface area (Å²) in [7, 11) is 0. The molecule has 0 atom stereocenters. The van der Waals surface area contributed by atoms with Crippen molar-refractivity contribution >= 4 is 5.91 Å². The molecule has 0 radical (unpaired) electrons. The van der Waals surface area contributed by atoms with Crippen LogP contribution in [0.25, 0.3) is 0 Å². The van der Waals surface area contributed by atoms with E-state index >= 15 is 0 Å². The van der Waals surface area contributed by atoms with Crippen LogP contribution in [0.4, 0.5) is 4.39 Å². The topological polar surface area (TPSA) is 59.8 Å². The molecule has 100 valence electrons. The largest absolute Gasteiger partial charge is 0.352 e. The smallest absolute Gasteiger partial charge is 0.255 e. The number of rotatable bonds is 6. The van der Waals surface area contributed by atoms with Gasteiger partial charge in [0.25, 0.3) is 5.91 Å².